The molecule has 1 spiro atoms. The summed E-state index contributed by atoms with van der Waals surface area (Å²) >= 11 is 6.84. The van der Waals surface area contributed by atoms with Crippen LogP contribution in [0.3, 0.4) is 0 Å². The van der Waals surface area contributed by atoms with Gasteiger partial charge in [0.2, 0.25) is 0 Å². The highest BCUT2D eigenvalue weighted by Crippen LogP contribution is 2.45. The third-order valence-electron chi connectivity index (χ3n) is 6.28. The molecule has 1 heterocycles. The third kappa shape index (κ3) is 3.88. The number of rotatable bonds is 5. The molecule has 0 unspecified atom stereocenters. The minimum atomic E-state index is -0.811. The predicted octanol–water partition coefficient (Wildman–Crippen LogP) is 5.72. The summed E-state index contributed by atoms with van der Waals surface area (Å²) in [6.45, 7) is -0.642. The van der Waals surface area contributed by atoms with E-state index in [4.69, 9.17) is 16.3 Å². The van der Waals surface area contributed by atoms with Gasteiger partial charge < -0.3 is 15.2 Å². The van der Waals surface area contributed by atoms with Crippen molar-refractivity contribution in [3.63, 3.8) is 0 Å². The predicted molar refractivity (Wildman–Crippen MR) is 122 cm³/mol. The number of benzene rings is 2. The van der Waals surface area contributed by atoms with Crippen LogP contribution in [0.25, 0.3) is 22.8 Å². The van der Waals surface area contributed by atoms with Crippen molar-refractivity contribution in [1.29, 1.82) is 0 Å². The number of carbonyl (C=O) groups is 1. The fourth-order valence-electron chi connectivity index (χ4n) is 4.60. The summed E-state index contributed by atoms with van der Waals surface area (Å²) in [6, 6.07) is 13.2. The van der Waals surface area contributed by atoms with Gasteiger partial charge >= 0.3 is 0 Å². The van der Waals surface area contributed by atoms with Crippen molar-refractivity contribution in [2.24, 2.45) is 0 Å². The average molecular weight is 442 g/mol. The summed E-state index contributed by atoms with van der Waals surface area (Å²) in [5.74, 6) is -0.357. The van der Waals surface area contributed by atoms with Crippen molar-refractivity contribution >= 4 is 29.2 Å². The molecule has 1 amide bonds. The Hall–Kier alpha value is -2.63. The summed E-state index contributed by atoms with van der Waals surface area (Å²) in [5, 5.41) is 14.6. The molecule has 0 aromatic heterocycles. The molecule has 0 radical (unpaired) electrons. The smallest absolute Gasteiger partial charge is 0.256 e. The molecule has 2 aromatic carbocycles. The minimum absolute atomic E-state index is 0.00839. The first-order chi connectivity index (χ1) is 15.0. The molecule has 1 saturated carbocycles. The van der Waals surface area contributed by atoms with Gasteiger partial charge in [-0.15, -0.1) is 0 Å². The second kappa shape index (κ2) is 8.85. The molecule has 0 bridgehead atoms. The van der Waals surface area contributed by atoms with Gasteiger partial charge in [0.1, 0.15) is 12.4 Å². The summed E-state index contributed by atoms with van der Waals surface area (Å²) in [7, 11) is 1.68. The Labute approximate surface area is 186 Å². The van der Waals surface area contributed by atoms with Crippen LogP contribution >= 0.6 is 11.6 Å². The Balaban J connectivity index is 1.87. The third-order valence-corrected chi connectivity index (χ3v) is 6.68. The molecular formula is C25H25ClFNO3. The first kappa shape index (κ1) is 21.6. The van der Waals surface area contributed by atoms with Gasteiger partial charge in [-0.1, -0.05) is 66.2 Å². The van der Waals surface area contributed by atoms with Crippen molar-refractivity contribution < 1.29 is 19.0 Å². The van der Waals surface area contributed by atoms with Crippen molar-refractivity contribution in [3.05, 3.63) is 70.4 Å². The van der Waals surface area contributed by atoms with Gasteiger partial charge in [0.05, 0.1) is 22.2 Å². The zero-order valence-corrected chi connectivity index (χ0v) is 18.1. The Bertz CT molecular complexity index is 1040. The molecule has 162 valence electrons. The van der Waals surface area contributed by atoms with Crippen LogP contribution in [0.1, 0.15) is 36.8 Å². The van der Waals surface area contributed by atoms with Gasteiger partial charge in [0, 0.05) is 18.2 Å². The number of allylic oxidation sites excluding steroid dienone is 1. The maximum atomic E-state index is 13.1. The zero-order valence-electron chi connectivity index (χ0n) is 17.3. The molecule has 1 aliphatic carbocycles. The zero-order chi connectivity index (χ0) is 22.0. The van der Waals surface area contributed by atoms with Crippen molar-refractivity contribution in [2.75, 3.05) is 13.8 Å². The van der Waals surface area contributed by atoms with Crippen LogP contribution in [0.4, 0.5) is 4.39 Å². The standard InChI is InChI=1S/C25H25ClFNO3/c1-31-18-11-13-25(14-12-18)23(29)21(24(30)28-25)20-17(8-5-15-27)9-10-19(22(20)26)16-6-3-2-4-7-16/h2-10,18,29H,11-15H2,1H3,(H,28,30)/b8-5-. The molecule has 31 heavy (non-hydrogen) atoms. The number of hydrogen-bond acceptors (Lipinski definition) is 3. The highest BCUT2D eigenvalue weighted by Gasteiger charge is 2.48. The molecule has 0 atom stereocenters. The van der Waals surface area contributed by atoms with Crippen LogP contribution in [-0.4, -0.2) is 36.4 Å². The largest absolute Gasteiger partial charge is 0.509 e. The average Bonchev–Trinajstić information content (AvgIpc) is 3.02. The number of methoxy groups -OCH3 is 1. The topological polar surface area (TPSA) is 58.6 Å². The Kier molecular flexibility index (Phi) is 6.17. The SMILES string of the molecule is COC1CCC2(CC1)NC(=O)C(c1c(/C=C\CF)ccc(-c3ccccc3)c1Cl)=C2O. The van der Waals surface area contributed by atoms with Crippen LogP contribution in [0.2, 0.25) is 5.02 Å². The number of amides is 1. The number of ether oxygens (including phenoxy) is 1. The van der Waals surface area contributed by atoms with E-state index >= 15 is 0 Å². The lowest BCUT2D eigenvalue weighted by atomic mass is 9.79. The first-order valence-corrected chi connectivity index (χ1v) is 10.8. The summed E-state index contributed by atoms with van der Waals surface area (Å²) in [5.41, 5.74) is 2.00. The molecule has 2 aliphatic rings. The molecular weight excluding hydrogens is 417 g/mol. The van der Waals surface area contributed by atoms with Crippen LogP contribution in [0.15, 0.2) is 54.3 Å². The molecule has 4 rings (SSSR count). The maximum Gasteiger partial charge on any atom is 0.256 e. The van der Waals surface area contributed by atoms with Gasteiger partial charge in [0.15, 0.2) is 0 Å². The fraction of sp³-hybridized carbons (Fsp3) is 0.320. The van der Waals surface area contributed by atoms with E-state index < -0.39 is 12.2 Å². The molecule has 1 aliphatic heterocycles. The second-order valence-electron chi connectivity index (χ2n) is 8.01. The highest BCUT2D eigenvalue weighted by atomic mass is 35.5. The molecule has 6 heteroatoms. The van der Waals surface area contributed by atoms with Gasteiger partial charge in [0.25, 0.3) is 5.91 Å². The Morgan fingerprint density at radius 1 is 1.23 bits per heavy atom. The minimum Gasteiger partial charge on any atom is -0.509 e. The number of aliphatic hydroxyl groups is 1. The summed E-state index contributed by atoms with van der Waals surface area (Å²) in [6.07, 6.45) is 5.71. The molecule has 1 fully saturated rings. The number of alkyl halides is 1. The van der Waals surface area contributed by atoms with Gasteiger partial charge in [-0.25, -0.2) is 4.39 Å². The quantitative estimate of drug-likeness (QED) is 0.624. The van der Waals surface area contributed by atoms with Gasteiger partial charge in [-0.05, 0) is 36.8 Å². The molecule has 2 aromatic rings. The summed E-state index contributed by atoms with van der Waals surface area (Å²) < 4.78 is 18.3. The van der Waals surface area contributed by atoms with E-state index in [-0.39, 0.29) is 23.3 Å². The van der Waals surface area contributed by atoms with E-state index in [0.29, 0.717) is 29.0 Å². The van der Waals surface area contributed by atoms with Crippen molar-refractivity contribution in [2.45, 2.75) is 37.3 Å². The van der Waals surface area contributed by atoms with Crippen LogP contribution in [0.5, 0.6) is 0 Å². The van der Waals surface area contributed by atoms with E-state index in [9.17, 15) is 14.3 Å². The number of aliphatic hydroxyl groups excluding tert-OH is 1. The second-order valence-corrected chi connectivity index (χ2v) is 8.39. The van der Waals surface area contributed by atoms with Crippen LogP contribution < -0.4 is 5.32 Å². The number of nitrogens with one attached hydrogen (secondary N) is 1. The number of halogens is 2. The van der Waals surface area contributed by atoms with E-state index in [2.05, 4.69) is 5.32 Å². The fourth-order valence-corrected chi connectivity index (χ4v) is 4.97. The van der Waals surface area contributed by atoms with Gasteiger partial charge in [-0.3, -0.25) is 4.79 Å². The maximum absolute atomic E-state index is 13.1. The van der Waals surface area contributed by atoms with E-state index in [1.807, 2.05) is 36.4 Å². The lowest BCUT2D eigenvalue weighted by Crippen LogP contribution is -2.48. The number of hydrogen-bond donors (Lipinski definition) is 2. The summed E-state index contributed by atoms with van der Waals surface area (Å²) in [4.78, 5) is 13.1. The number of carbonyl (C=O) groups excluding carboxylic acids is 1. The van der Waals surface area contributed by atoms with Crippen molar-refractivity contribution in [1.82, 2.24) is 5.32 Å². The van der Waals surface area contributed by atoms with E-state index in [0.717, 1.165) is 24.0 Å². The van der Waals surface area contributed by atoms with E-state index in [1.54, 1.807) is 19.3 Å². The molecule has 4 nitrogen and oxygen atoms in total. The highest BCUT2D eigenvalue weighted by molar-refractivity contribution is 6.38. The monoisotopic (exact) mass is 441 g/mol. The van der Waals surface area contributed by atoms with Gasteiger partial charge in [-0.2, -0.15) is 0 Å². The first-order valence-electron chi connectivity index (χ1n) is 10.4. The Morgan fingerprint density at radius 2 is 1.94 bits per heavy atom. The normalized spacial score (nSPS) is 23.7. The van der Waals surface area contributed by atoms with Crippen LogP contribution in [0, 0.1) is 0 Å². The molecule has 0 saturated heterocycles. The molecule has 2 N–H and O–H groups in total. The van der Waals surface area contributed by atoms with Crippen molar-refractivity contribution in [3.8, 4) is 11.1 Å². The van der Waals surface area contributed by atoms with Crippen LogP contribution in [-0.2, 0) is 9.53 Å². The Morgan fingerprint density at radius 3 is 2.58 bits per heavy atom. The lowest BCUT2D eigenvalue weighted by Gasteiger charge is -2.36. The van der Waals surface area contributed by atoms with E-state index in [1.165, 1.54) is 6.08 Å². The lowest BCUT2D eigenvalue weighted by molar-refractivity contribution is -0.116.